The maximum atomic E-state index is 5.23. The van der Waals surface area contributed by atoms with Crippen molar-refractivity contribution < 1.29 is 0 Å². The third kappa shape index (κ3) is 5.23. The Balaban J connectivity index is 1.10. The van der Waals surface area contributed by atoms with Crippen LogP contribution in [0, 0.1) is 0 Å². The molecule has 0 fully saturated rings. The van der Waals surface area contributed by atoms with Crippen molar-refractivity contribution in [3.63, 3.8) is 0 Å². The molecule has 0 atom stereocenters. The monoisotopic (exact) mass is 714 g/mol. The van der Waals surface area contributed by atoms with E-state index >= 15 is 0 Å². The standard InChI is InChI=1S/C52H34N4/c1-4-16-35(17-5-1)45-34-46(54-52(53-45)36-18-6-2-7-19-36)43-24-12-15-27-49(43)56-48-26-14-11-23-41(48)44-32-37(29-31-50(44)56)38-28-30-42-40-22-10-13-25-47(40)55(51(42)33-38)39-20-8-3-9-21-39/h1-34H. The Bertz CT molecular complexity index is 3170. The number of aromatic nitrogens is 4. The van der Waals surface area contributed by atoms with E-state index < -0.39 is 0 Å². The first-order valence-corrected chi connectivity index (χ1v) is 19.0. The molecule has 0 N–H and O–H groups in total. The molecule has 0 radical (unpaired) electrons. The number of benzene rings is 8. The second kappa shape index (κ2) is 13.1. The van der Waals surface area contributed by atoms with Crippen LogP contribution in [0.25, 0.3) is 100 Å². The molecule has 4 nitrogen and oxygen atoms in total. The molecule has 4 heteroatoms. The van der Waals surface area contributed by atoms with Crippen LogP contribution in [0.4, 0.5) is 0 Å². The molecule has 0 saturated heterocycles. The summed E-state index contributed by atoms with van der Waals surface area (Å²) in [7, 11) is 0. The van der Waals surface area contributed by atoms with Gasteiger partial charge in [-0.1, -0.05) is 152 Å². The summed E-state index contributed by atoms with van der Waals surface area (Å²) < 4.78 is 4.78. The van der Waals surface area contributed by atoms with Crippen LogP contribution < -0.4 is 0 Å². The van der Waals surface area contributed by atoms with Crippen LogP contribution >= 0.6 is 0 Å². The quantitative estimate of drug-likeness (QED) is 0.172. The molecular weight excluding hydrogens is 681 g/mol. The van der Waals surface area contributed by atoms with Gasteiger partial charge < -0.3 is 9.13 Å². The molecule has 0 aliphatic carbocycles. The van der Waals surface area contributed by atoms with Crippen molar-refractivity contribution in [3.05, 3.63) is 206 Å². The van der Waals surface area contributed by atoms with E-state index in [1.165, 1.54) is 43.7 Å². The van der Waals surface area contributed by atoms with Gasteiger partial charge in [0.2, 0.25) is 0 Å². The molecule has 262 valence electrons. The topological polar surface area (TPSA) is 35.6 Å². The molecule has 8 aromatic carbocycles. The van der Waals surface area contributed by atoms with E-state index in [2.05, 4.69) is 191 Å². The Morgan fingerprint density at radius 2 is 0.839 bits per heavy atom. The van der Waals surface area contributed by atoms with E-state index in [9.17, 15) is 0 Å². The second-order valence-corrected chi connectivity index (χ2v) is 14.2. The minimum atomic E-state index is 0.701. The lowest BCUT2D eigenvalue weighted by Gasteiger charge is -2.15. The summed E-state index contributed by atoms with van der Waals surface area (Å²) >= 11 is 0. The first kappa shape index (κ1) is 31.9. The molecule has 0 unspecified atom stereocenters. The van der Waals surface area contributed by atoms with Gasteiger partial charge >= 0.3 is 0 Å². The van der Waals surface area contributed by atoms with Gasteiger partial charge in [0.05, 0.1) is 39.1 Å². The normalized spacial score (nSPS) is 11.6. The van der Waals surface area contributed by atoms with E-state index in [1.54, 1.807) is 0 Å². The number of hydrogen-bond donors (Lipinski definition) is 0. The van der Waals surface area contributed by atoms with Crippen LogP contribution in [0.1, 0.15) is 0 Å². The van der Waals surface area contributed by atoms with Crippen molar-refractivity contribution >= 4 is 43.6 Å². The highest BCUT2D eigenvalue weighted by molar-refractivity contribution is 6.12. The van der Waals surface area contributed by atoms with E-state index in [0.717, 1.165) is 50.5 Å². The minimum absolute atomic E-state index is 0.701. The Hall–Kier alpha value is -7.56. The number of fused-ring (bicyclic) bond motifs is 6. The van der Waals surface area contributed by atoms with Crippen molar-refractivity contribution in [1.29, 1.82) is 0 Å². The van der Waals surface area contributed by atoms with Crippen molar-refractivity contribution in [2.45, 2.75) is 0 Å². The van der Waals surface area contributed by atoms with Gasteiger partial charge in [-0.25, -0.2) is 9.97 Å². The molecule has 3 aromatic heterocycles. The zero-order chi connectivity index (χ0) is 37.0. The summed E-state index contributed by atoms with van der Waals surface area (Å²) in [4.78, 5) is 10.3. The molecule has 0 spiro atoms. The van der Waals surface area contributed by atoms with Crippen molar-refractivity contribution in [2.75, 3.05) is 0 Å². The smallest absolute Gasteiger partial charge is 0.160 e. The zero-order valence-electron chi connectivity index (χ0n) is 30.4. The number of rotatable bonds is 6. The van der Waals surface area contributed by atoms with Gasteiger partial charge in [0.25, 0.3) is 0 Å². The molecular formula is C52H34N4. The largest absolute Gasteiger partial charge is 0.309 e. The summed E-state index contributed by atoms with van der Waals surface area (Å²) in [5.74, 6) is 0.701. The maximum Gasteiger partial charge on any atom is 0.160 e. The highest BCUT2D eigenvalue weighted by Gasteiger charge is 2.19. The van der Waals surface area contributed by atoms with Gasteiger partial charge in [0, 0.05) is 43.9 Å². The minimum Gasteiger partial charge on any atom is -0.309 e. The summed E-state index contributed by atoms with van der Waals surface area (Å²) in [5, 5.41) is 4.91. The fourth-order valence-corrected chi connectivity index (χ4v) is 8.36. The lowest BCUT2D eigenvalue weighted by Crippen LogP contribution is -2.00. The maximum absolute atomic E-state index is 5.23. The van der Waals surface area contributed by atoms with Gasteiger partial charge in [-0.05, 0) is 65.7 Å². The molecule has 0 aliphatic rings. The Morgan fingerprint density at radius 3 is 1.61 bits per heavy atom. The summed E-state index contributed by atoms with van der Waals surface area (Å²) in [6.07, 6.45) is 0. The van der Waals surface area contributed by atoms with E-state index in [1.807, 2.05) is 24.3 Å². The molecule has 0 saturated carbocycles. The Labute approximate surface area is 324 Å². The van der Waals surface area contributed by atoms with Crippen LogP contribution in [0.5, 0.6) is 0 Å². The number of para-hydroxylation sites is 4. The molecule has 0 amide bonds. The summed E-state index contributed by atoms with van der Waals surface area (Å²) in [6.45, 7) is 0. The van der Waals surface area contributed by atoms with Crippen LogP contribution in [-0.4, -0.2) is 19.1 Å². The fourth-order valence-electron chi connectivity index (χ4n) is 8.36. The van der Waals surface area contributed by atoms with Gasteiger partial charge in [-0.2, -0.15) is 0 Å². The van der Waals surface area contributed by atoms with Gasteiger partial charge in [-0.15, -0.1) is 0 Å². The highest BCUT2D eigenvalue weighted by atomic mass is 15.0. The summed E-state index contributed by atoms with van der Waals surface area (Å²) in [5.41, 5.74) is 14.1. The summed E-state index contributed by atoms with van der Waals surface area (Å²) in [6, 6.07) is 73.2. The average molecular weight is 715 g/mol. The van der Waals surface area contributed by atoms with Crippen LogP contribution in [0.2, 0.25) is 0 Å². The van der Waals surface area contributed by atoms with Gasteiger partial charge in [0.1, 0.15) is 0 Å². The van der Waals surface area contributed by atoms with Crippen molar-refractivity contribution in [2.24, 2.45) is 0 Å². The second-order valence-electron chi connectivity index (χ2n) is 14.2. The molecule has 11 rings (SSSR count). The SMILES string of the molecule is c1ccc(-c2cc(-c3ccccc3-n3c4ccccc4c4cc(-c5ccc6c7ccccc7n(-c7ccccc7)c6c5)ccc43)nc(-c3ccccc3)n2)cc1. The average Bonchev–Trinajstić information content (AvgIpc) is 3.79. The Morgan fingerprint density at radius 1 is 0.304 bits per heavy atom. The third-order valence-electron chi connectivity index (χ3n) is 10.9. The first-order chi connectivity index (χ1) is 27.8. The van der Waals surface area contributed by atoms with Crippen LogP contribution in [0.15, 0.2) is 206 Å². The molecule has 11 aromatic rings. The lowest BCUT2D eigenvalue weighted by atomic mass is 10.0. The van der Waals surface area contributed by atoms with Gasteiger partial charge in [-0.3, -0.25) is 0 Å². The van der Waals surface area contributed by atoms with Crippen LogP contribution in [-0.2, 0) is 0 Å². The number of hydrogen-bond acceptors (Lipinski definition) is 2. The number of nitrogens with zero attached hydrogens (tertiary/aromatic N) is 4. The predicted octanol–water partition coefficient (Wildman–Crippen LogP) is 13.3. The van der Waals surface area contributed by atoms with Crippen molar-refractivity contribution in [3.8, 4) is 56.4 Å². The van der Waals surface area contributed by atoms with E-state index in [-0.39, 0.29) is 0 Å². The first-order valence-electron chi connectivity index (χ1n) is 19.0. The van der Waals surface area contributed by atoms with Crippen molar-refractivity contribution in [1.82, 2.24) is 19.1 Å². The van der Waals surface area contributed by atoms with E-state index in [4.69, 9.17) is 9.97 Å². The van der Waals surface area contributed by atoms with E-state index in [0.29, 0.717) is 5.82 Å². The zero-order valence-corrected chi connectivity index (χ0v) is 30.4. The predicted molar refractivity (Wildman–Crippen MR) is 232 cm³/mol. The molecule has 56 heavy (non-hydrogen) atoms. The molecule has 3 heterocycles. The highest BCUT2D eigenvalue weighted by Crippen LogP contribution is 2.40. The third-order valence-corrected chi connectivity index (χ3v) is 10.9. The lowest BCUT2D eigenvalue weighted by molar-refractivity contribution is 1.15. The molecule has 0 bridgehead atoms. The van der Waals surface area contributed by atoms with Gasteiger partial charge in [0.15, 0.2) is 5.82 Å². The Kier molecular flexibility index (Phi) is 7.46. The fraction of sp³-hybridized carbons (Fsp3) is 0. The van der Waals surface area contributed by atoms with Crippen LogP contribution in [0.3, 0.4) is 0 Å². The molecule has 0 aliphatic heterocycles.